The highest BCUT2D eigenvalue weighted by atomic mass is 35.5. The molecule has 0 spiro atoms. The molecule has 0 atom stereocenters. The molecule has 1 amide bonds. The van der Waals surface area contributed by atoms with E-state index in [1.807, 2.05) is 13.0 Å². The molecule has 9 heteroatoms. The van der Waals surface area contributed by atoms with Crippen LogP contribution in [0.2, 0.25) is 0 Å². The third kappa shape index (κ3) is 4.63. The predicted molar refractivity (Wildman–Crippen MR) is 92.6 cm³/mol. The van der Waals surface area contributed by atoms with Gasteiger partial charge in [0, 0.05) is 6.20 Å². The fraction of sp³-hybridized carbons (Fsp3) is 0.429. The number of hydrogen-bond acceptors (Lipinski definition) is 5. The second kappa shape index (κ2) is 8.81. The number of amides is 1. The Hall–Kier alpha value is -1.70. The molecule has 23 heavy (non-hydrogen) atoms. The van der Waals surface area contributed by atoms with Crippen molar-refractivity contribution >= 4 is 36.4 Å². The van der Waals surface area contributed by atoms with E-state index in [2.05, 4.69) is 25.9 Å². The molecule has 1 saturated heterocycles. The van der Waals surface area contributed by atoms with Crippen LogP contribution in [0, 0.1) is 6.92 Å². The smallest absolute Gasteiger partial charge is 0.277 e. The number of hydrogen-bond donors (Lipinski definition) is 2. The molecule has 2 N–H and O–H groups in total. The summed E-state index contributed by atoms with van der Waals surface area (Å²) in [5.74, 6) is -0.258. The first-order valence-corrected chi connectivity index (χ1v) is 7.08. The number of piperidine rings is 1. The van der Waals surface area contributed by atoms with E-state index in [0.29, 0.717) is 17.4 Å². The molecule has 0 saturated carbocycles. The van der Waals surface area contributed by atoms with Gasteiger partial charge in [-0.25, -0.2) is 4.68 Å². The number of anilines is 1. The third-order valence-corrected chi connectivity index (χ3v) is 3.71. The predicted octanol–water partition coefficient (Wildman–Crippen LogP) is 2.00. The molecule has 3 rings (SSSR count). The first kappa shape index (κ1) is 19.3. The van der Waals surface area contributed by atoms with Gasteiger partial charge in [-0.1, -0.05) is 5.21 Å². The van der Waals surface area contributed by atoms with Gasteiger partial charge in [0.25, 0.3) is 5.91 Å². The van der Waals surface area contributed by atoms with Crippen LogP contribution in [0.1, 0.15) is 34.9 Å². The van der Waals surface area contributed by atoms with E-state index in [-0.39, 0.29) is 30.7 Å². The van der Waals surface area contributed by atoms with E-state index in [9.17, 15) is 4.79 Å². The van der Waals surface area contributed by atoms with Crippen molar-refractivity contribution in [2.75, 3.05) is 18.4 Å². The third-order valence-electron chi connectivity index (χ3n) is 3.71. The number of nitrogens with zero attached hydrogens (tertiary/aromatic N) is 4. The first-order valence-electron chi connectivity index (χ1n) is 7.08. The van der Waals surface area contributed by atoms with Gasteiger partial charge in [-0.15, -0.1) is 29.9 Å². The molecule has 0 unspecified atom stereocenters. The minimum Gasteiger partial charge on any atom is -0.319 e. The summed E-state index contributed by atoms with van der Waals surface area (Å²) >= 11 is 0. The molecule has 1 aliphatic heterocycles. The molecular weight excluding hydrogens is 339 g/mol. The van der Waals surface area contributed by atoms with Crippen molar-refractivity contribution in [1.82, 2.24) is 25.3 Å². The Morgan fingerprint density at radius 3 is 2.78 bits per heavy atom. The van der Waals surface area contributed by atoms with Crippen LogP contribution >= 0.6 is 24.8 Å². The molecule has 0 radical (unpaired) electrons. The highest BCUT2D eigenvalue weighted by Crippen LogP contribution is 2.18. The van der Waals surface area contributed by atoms with Crippen LogP contribution in [0.5, 0.6) is 0 Å². The average Bonchev–Trinajstić information content (AvgIpc) is 3.00. The normalized spacial score (nSPS) is 14.5. The van der Waals surface area contributed by atoms with Gasteiger partial charge >= 0.3 is 0 Å². The lowest BCUT2D eigenvalue weighted by molar-refractivity contribution is 0.102. The van der Waals surface area contributed by atoms with Crippen LogP contribution in [-0.4, -0.2) is 39.0 Å². The van der Waals surface area contributed by atoms with Gasteiger partial charge in [-0.05, 0) is 44.5 Å². The summed E-state index contributed by atoms with van der Waals surface area (Å²) in [4.78, 5) is 16.2. The highest BCUT2D eigenvalue weighted by molar-refractivity contribution is 6.02. The zero-order chi connectivity index (χ0) is 14.7. The largest absolute Gasteiger partial charge is 0.319 e. The maximum Gasteiger partial charge on any atom is 0.277 e. The van der Waals surface area contributed by atoms with Gasteiger partial charge in [-0.3, -0.25) is 9.78 Å². The van der Waals surface area contributed by atoms with Gasteiger partial charge in [0.15, 0.2) is 5.69 Å². The lowest BCUT2D eigenvalue weighted by atomic mass is 10.1. The Labute approximate surface area is 147 Å². The monoisotopic (exact) mass is 358 g/mol. The number of nitrogens with one attached hydrogen (secondary N) is 2. The van der Waals surface area contributed by atoms with E-state index in [1.54, 1.807) is 23.3 Å². The minimum absolute atomic E-state index is 0. The number of aromatic nitrogens is 4. The van der Waals surface area contributed by atoms with Crippen molar-refractivity contribution in [2.24, 2.45) is 0 Å². The van der Waals surface area contributed by atoms with E-state index >= 15 is 0 Å². The highest BCUT2D eigenvalue weighted by Gasteiger charge is 2.19. The molecule has 2 aromatic rings. The first-order chi connectivity index (χ1) is 10.2. The second-order valence-corrected chi connectivity index (χ2v) is 5.21. The Bertz CT molecular complexity index is 642. The topological polar surface area (TPSA) is 84.7 Å². The summed E-state index contributed by atoms with van der Waals surface area (Å²) in [6, 6.07) is 2.17. The molecule has 0 bridgehead atoms. The van der Waals surface area contributed by atoms with E-state index in [0.717, 1.165) is 31.5 Å². The standard InChI is InChI=1S/C14H18N6O.2ClH/c1-10-2-5-16-8-12(10)17-14(21)13-9-20(19-18-13)11-3-6-15-7-4-11;;/h2,5,8-9,11,15H,3-4,6-7H2,1H3,(H,17,21);2*1H. The molecule has 0 aliphatic carbocycles. The van der Waals surface area contributed by atoms with Crippen LogP contribution in [0.15, 0.2) is 24.7 Å². The van der Waals surface area contributed by atoms with Crippen LogP contribution in [0.3, 0.4) is 0 Å². The van der Waals surface area contributed by atoms with Gasteiger partial charge < -0.3 is 10.6 Å². The second-order valence-electron chi connectivity index (χ2n) is 5.21. The number of rotatable bonds is 3. The molecular formula is C14H20Cl2N6O. The maximum atomic E-state index is 12.2. The van der Waals surface area contributed by atoms with Crippen LogP contribution in [0.25, 0.3) is 0 Å². The van der Waals surface area contributed by atoms with Crippen molar-refractivity contribution in [3.63, 3.8) is 0 Å². The molecule has 0 aromatic carbocycles. The quantitative estimate of drug-likeness (QED) is 0.876. The van der Waals surface area contributed by atoms with Crippen molar-refractivity contribution in [3.8, 4) is 0 Å². The number of carbonyl (C=O) groups excluding carboxylic acids is 1. The lowest BCUT2D eigenvalue weighted by Crippen LogP contribution is -2.29. The Balaban J connectivity index is 0.00000132. The summed E-state index contributed by atoms with van der Waals surface area (Å²) in [5, 5.41) is 14.2. The van der Waals surface area contributed by atoms with Crippen LogP contribution in [-0.2, 0) is 0 Å². The van der Waals surface area contributed by atoms with E-state index < -0.39 is 0 Å². The number of aryl methyl sites for hydroxylation is 1. The molecule has 1 aliphatic rings. The Morgan fingerprint density at radius 2 is 2.09 bits per heavy atom. The van der Waals surface area contributed by atoms with Gasteiger partial charge in [0.1, 0.15) is 0 Å². The molecule has 3 heterocycles. The minimum atomic E-state index is -0.258. The van der Waals surface area contributed by atoms with Crippen LogP contribution in [0.4, 0.5) is 5.69 Å². The summed E-state index contributed by atoms with van der Waals surface area (Å²) in [6.07, 6.45) is 7.05. The number of pyridine rings is 1. The van der Waals surface area contributed by atoms with E-state index in [4.69, 9.17) is 0 Å². The van der Waals surface area contributed by atoms with Crippen LogP contribution < -0.4 is 10.6 Å². The molecule has 7 nitrogen and oxygen atoms in total. The Kier molecular flexibility index (Phi) is 7.41. The maximum absolute atomic E-state index is 12.2. The van der Waals surface area contributed by atoms with Crippen molar-refractivity contribution in [3.05, 3.63) is 35.9 Å². The fourth-order valence-corrected chi connectivity index (χ4v) is 2.41. The number of carbonyl (C=O) groups is 1. The summed E-state index contributed by atoms with van der Waals surface area (Å²) in [5.41, 5.74) is 1.99. The summed E-state index contributed by atoms with van der Waals surface area (Å²) < 4.78 is 1.80. The van der Waals surface area contributed by atoms with Crippen molar-refractivity contribution in [2.45, 2.75) is 25.8 Å². The summed E-state index contributed by atoms with van der Waals surface area (Å²) in [7, 11) is 0. The van der Waals surface area contributed by atoms with Crippen molar-refractivity contribution in [1.29, 1.82) is 0 Å². The molecule has 1 fully saturated rings. The zero-order valence-electron chi connectivity index (χ0n) is 12.7. The molecule has 2 aromatic heterocycles. The van der Waals surface area contributed by atoms with Gasteiger partial charge in [0.05, 0.1) is 24.1 Å². The SMILES string of the molecule is Cc1ccncc1NC(=O)c1cn(C2CCNCC2)nn1.Cl.Cl. The lowest BCUT2D eigenvalue weighted by Gasteiger charge is -2.22. The number of halogens is 2. The molecule has 126 valence electrons. The average molecular weight is 359 g/mol. The summed E-state index contributed by atoms with van der Waals surface area (Å²) in [6.45, 7) is 3.87. The van der Waals surface area contributed by atoms with Gasteiger partial charge in [0.2, 0.25) is 0 Å². The fourth-order valence-electron chi connectivity index (χ4n) is 2.41. The zero-order valence-corrected chi connectivity index (χ0v) is 14.4. The van der Waals surface area contributed by atoms with Crippen molar-refractivity contribution < 1.29 is 4.79 Å². The Morgan fingerprint density at radius 1 is 1.35 bits per heavy atom. The van der Waals surface area contributed by atoms with E-state index in [1.165, 1.54) is 0 Å². The van der Waals surface area contributed by atoms with Gasteiger partial charge in [-0.2, -0.15) is 0 Å².